The highest BCUT2D eigenvalue weighted by Gasteiger charge is 2.17. The van der Waals surface area contributed by atoms with E-state index in [1.807, 2.05) is 18.7 Å². The number of hydrogen-bond donors (Lipinski definition) is 1. The van der Waals surface area contributed by atoms with Crippen LogP contribution in [0.25, 0.3) is 0 Å². The van der Waals surface area contributed by atoms with Crippen molar-refractivity contribution >= 4 is 11.8 Å². The van der Waals surface area contributed by atoms with Crippen molar-refractivity contribution < 1.29 is 4.42 Å². The zero-order chi connectivity index (χ0) is 8.39. The second-order valence-electron chi connectivity index (χ2n) is 2.99. The van der Waals surface area contributed by atoms with Gasteiger partial charge in [-0.05, 0) is 31.7 Å². The summed E-state index contributed by atoms with van der Waals surface area (Å²) in [5.74, 6) is 2.30. The van der Waals surface area contributed by atoms with Crippen LogP contribution in [0, 0.1) is 6.92 Å². The highest BCUT2D eigenvalue weighted by atomic mass is 32.2. The van der Waals surface area contributed by atoms with Gasteiger partial charge in [0.1, 0.15) is 5.76 Å². The van der Waals surface area contributed by atoms with E-state index in [4.69, 9.17) is 4.42 Å². The molecular weight excluding hydrogens is 170 g/mol. The minimum absolute atomic E-state index is 0.456. The number of furan rings is 1. The van der Waals surface area contributed by atoms with Gasteiger partial charge in [-0.1, -0.05) is 0 Å². The number of thioether (sulfide) groups is 1. The molecule has 1 saturated heterocycles. The fourth-order valence-electron chi connectivity index (χ4n) is 1.43. The second-order valence-corrected chi connectivity index (χ2v) is 4.20. The van der Waals surface area contributed by atoms with Crippen molar-refractivity contribution in [1.82, 2.24) is 5.32 Å². The molecule has 2 heterocycles. The summed E-state index contributed by atoms with van der Waals surface area (Å²) in [4.78, 5) is 0. The van der Waals surface area contributed by atoms with E-state index in [-0.39, 0.29) is 0 Å². The third kappa shape index (κ3) is 1.52. The van der Waals surface area contributed by atoms with Crippen molar-refractivity contribution in [2.24, 2.45) is 0 Å². The van der Waals surface area contributed by atoms with E-state index >= 15 is 0 Å². The summed E-state index contributed by atoms with van der Waals surface area (Å²) in [7, 11) is 0. The highest BCUT2D eigenvalue weighted by Crippen LogP contribution is 2.31. The van der Waals surface area contributed by atoms with Gasteiger partial charge in [0.15, 0.2) is 0 Å². The fourth-order valence-corrected chi connectivity index (χ4v) is 2.64. The largest absolute Gasteiger partial charge is 0.469 e. The smallest absolute Gasteiger partial charge is 0.106 e. The third-order valence-corrected chi connectivity index (χ3v) is 3.40. The van der Waals surface area contributed by atoms with Gasteiger partial charge >= 0.3 is 0 Å². The molecule has 1 aromatic rings. The molecule has 0 aliphatic carbocycles. The summed E-state index contributed by atoms with van der Waals surface area (Å²) in [6.45, 7) is 3.15. The Morgan fingerprint density at radius 1 is 1.67 bits per heavy atom. The van der Waals surface area contributed by atoms with E-state index < -0.39 is 0 Å². The SMILES string of the molecule is Cc1occc1C1NCCCS1. The summed E-state index contributed by atoms with van der Waals surface area (Å²) in [6, 6.07) is 2.06. The predicted molar refractivity (Wildman–Crippen MR) is 51.3 cm³/mol. The molecule has 0 aromatic carbocycles. The van der Waals surface area contributed by atoms with Crippen LogP contribution in [0.3, 0.4) is 0 Å². The van der Waals surface area contributed by atoms with Gasteiger partial charge in [-0.3, -0.25) is 0 Å². The monoisotopic (exact) mass is 183 g/mol. The maximum Gasteiger partial charge on any atom is 0.106 e. The number of hydrogen-bond acceptors (Lipinski definition) is 3. The Kier molecular flexibility index (Phi) is 2.42. The molecule has 1 aliphatic rings. The maximum absolute atomic E-state index is 5.26. The molecular formula is C9H13NOS. The predicted octanol–water partition coefficient (Wildman–Crippen LogP) is 2.31. The molecule has 0 saturated carbocycles. The first-order chi connectivity index (χ1) is 5.88. The molecule has 1 atom stereocenters. The number of aryl methyl sites for hydroxylation is 1. The Labute approximate surface area is 76.7 Å². The summed E-state index contributed by atoms with van der Waals surface area (Å²) in [6.07, 6.45) is 3.04. The van der Waals surface area contributed by atoms with Crippen LogP contribution in [-0.2, 0) is 0 Å². The lowest BCUT2D eigenvalue weighted by Crippen LogP contribution is -2.25. The molecule has 0 amide bonds. The number of nitrogens with one attached hydrogen (secondary N) is 1. The molecule has 3 heteroatoms. The molecule has 0 bridgehead atoms. The van der Waals surface area contributed by atoms with Gasteiger partial charge in [0.25, 0.3) is 0 Å². The van der Waals surface area contributed by atoms with Crippen LogP contribution < -0.4 is 5.32 Å². The molecule has 2 nitrogen and oxygen atoms in total. The van der Waals surface area contributed by atoms with Crippen LogP contribution in [0.1, 0.15) is 23.1 Å². The third-order valence-electron chi connectivity index (χ3n) is 2.12. The first-order valence-electron chi connectivity index (χ1n) is 4.27. The Morgan fingerprint density at radius 3 is 3.17 bits per heavy atom. The normalized spacial score (nSPS) is 24.2. The second kappa shape index (κ2) is 3.54. The Balaban J connectivity index is 2.13. The molecule has 12 heavy (non-hydrogen) atoms. The van der Waals surface area contributed by atoms with Crippen LogP contribution >= 0.6 is 11.8 Å². The molecule has 66 valence electrons. The minimum Gasteiger partial charge on any atom is -0.469 e. The van der Waals surface area contributed by atoms with Crippen LogP contribution in [-0.4, -0.2) is 12.3 Å². The van der Waals surface area contributed by atoms with Crippen molar-refractivity contribution in [2.45, 2.75) is 18.7 Å². The van der Waals surface area contributed by atoms with E-state index in [9.17, 15) is 0 Å². The van der Waals surface area contributed by atoms with Crippen molar-refractivity contribution in [3.05, 3.63) is 23.7 Å². The van der Waals surface area contributed by atoms with Crippen LogP contribution in [0.15, 0.2) is 16.7 Å². The Hall–Kier alpha value is -0.410. The summed E-state index contributed by atoms with van der Waals surface area (Å²) >= 11 is 1.96. The number of rotatable bonds is 1. The zero-order valence-corrected chi connectivity index (χ0v) is 7.99. The average molecular weight is 183 g/mol. The first kappa shape index (κ1) is 8.20. The molecule has 0 spiro atoms. The lowest BCUT2D eigenvalue weighted by Gasteiger charge is -2.22. The maximum atomic E-state index is 5.26. The van der Waals surface area contributed by atoms with Crippen molar-refractivity contribution in [3.8, 4) is 0 Å². The molecule has 1 aliphatic heterocycles. The van der Waals surface area contributed by atoms with E-state index in [1.54, 1.807) is 6.26 Å². The van der Waals surface area contributed by atoms with Crippen molar-refractivity contribution in [1.29, 1.82) is 0 Å². The van der Waals surface area contributed by atoms with Gasteiger partial charge in [-0.15, -0.1) is 11.8 Å². The van der Waals surface area contributed by atoms with Gasteiger partial charge in [0.2, 0.25) is 0 Å². The fraction of sp³-hybridized carbons (Fsp3) is 0.556. The van der Waals surface area contributed by atoms with Crippen LogP contribution in [0.5, 0.6) is 0 Å². The molecule has 1 aromatic heterocycles. The average Bonchev–Trinajstić information content (AvgIpc) is 2.53. The molecule has 1 N–H and O–H groups in total. The van der Waals surface area contributed by atoms with Crippen LogP contribution in [0.4, 0.5) is 0 Å². The van der Waals surface area contributed by atoms with Gasteiger partial charge in [0, 0.05) is 5.56 Å². The molecule has 1 fully saturated rings. The standard InChI is InChI=1S/C9H13NOS/c1-7-8(3-5-11-7)9-10-4-2-6-12-9/h3,5,9-10H,2,4,6H2,1H3. The van der Waals surface area contributed by atoms with Gasteiger partial charge in [-0.2, -0.15) is 0 Å². The summed E-state index contributed by atoms with van der Waals surface area (Å²) in [5, 5.41) is 3.92. The van der Waals surface area contributed by atoms with Crippen LogP contribution in [0.2, 0.25) is 0 Å². The minimum atomic E-state index is 0.456. The van der Waals surface area contributed by atoms with E-state index in [2.05, 4.69) is 11.4 Å². The highest BCUT2D eigenvalue weighted by molar-refractivity contribution is 7.99. The van der Waals surface area contributed by atoms with Gasteiger partial charge in [0.05, 0.1) is 11.6 Å². The molecule has 1 unspecified atom stereocenters. The van der Waals surface area contributed by atoms with E-state index in [0.29, 0.717) is 5.37 Å². The molecule has 2 rings (SSSR count). The molecule has 0 radical (unpaired) electrons. The zero-order valence-electron chi connectivity index (χ0n) is 7.17. The lowest BCUT2D eigenvalue weighted by atomic mass is 10.2. The topological polar surface area (TPSA) is 25.2 Å². The first-order valence-corrected chi connectivity index (χ1v) is 5.32. The van der Waals surface area contributed by atoms with E-state index in [1.165, 1.54) is 17.7 Å². The van der Waals surface area contributed by atoms with Gasteiger partial charge < -0.3 is 9.73 Å². The van der Waals surface area contributed by atoms with Crippen molar-refractivity contribution in [2.75, 3.05) is 12.3 Å². The Bertz CT molecular complexity index is 253. The van der Waals surface area contributed by atoms with E-state index in [0.717, 1.165) is 12.3 Å². The van der Waals surface area contributed by atoms with Gasteiger partial charge in [-0.25, -0.2) is 0 Å². The lowest BCUT2D eigenvalue weighted by molar-refractivity contribution is 0.524. The van der Waals surface area contributed by atoms with Crippen molar-refractivity contribution in [3.63, 3.8) is 0 Å². The summed E-state index contributed by atoms with van der Waals surface area (Å²) in [5.41, 5.74) is 1.31. The Morgan fingerprint density at radius 2 is 2.58 bits per heavy atom. The summed E-state index contributed by atoms with van der Waals surface area (Å²) < 4.78 is 5.26. The quantitative estimate of drug-likeness (QED) is 0.723.